The van der Waals surface area contributed by atoms with E-state index in [1.807, 2.05) is 48.2 Å². The molecule has 1 unspecified atom stereocenters. The van der Waals surface area contributed by atoms with Gasteiger partial charge in [-0.3, -0.25) is 4.79 Å². The van der Waals surface area contributed by atoms with Crippen molar-refractivity contribution in [3.8, 4) is 0 Å². The molecule has 1 aliphatic rings. The Hall–Kier alpha value is -1.80. The van der Waals surface area contributed by atoms with Gasteiger partial charge >= 0.3 is 0 Å². The first-order valence-electron chi connectivity index (χ1n) is 6.75. The van der Waals surface area contributed by atoms with Crippen molar-refractivity contribution in [3.63, 3.8) is 0 Å². The minimum Gasteiger partial charge on any atom is -0.305 e. The summed E-state index contributed by atoms with van der Waals surface area (Å²) in [5.41, 5.74) is 3.85. The predicted octanol–water partition coefficient (Wildman–Crippen LogP) is 4.24. The highest BCUT2D eigenvalue weighted by Crippen LogP contribution is 2.34. The minimum atomic E-state index is -0.0209. The van der Waals surface area contributed by atoms with Gasteiger partial charge in [0.1, 0.15) is 0 Å². The summed E-state index contributed by atoms with van der Waals surface area (Å²) in [6.07, 6.45) is 0.894. The van der Waals surface area contributed by atoms with Crippen molar-refractivity contribution in [3.05, 3.63) is 64.2 Å². The first-order valence-corrected chi connectivity index (χ1v) is 7.13. The number of nitrogens with zero attached hydrogens (tertiary/aromatic N) is 1. The number of halogens is 1. The Labute approximate surface area is 124 Å². The number of hydrogen-bond donors (Lipinski definition) is 0. The summed E-state index contributed by atoms with van der Waals surface area (Å²) < 4.78 is 0. The number of rotatable bonds is 1. The zero-order valence-corrected chi connectivity index (χ0v) is 12.3. The van der Waals surface area contributed by atoms with Crippen molar-refractivity contribution in [2.75, 3.05) is 4.90 Å². The predicted molar refractivity (Wildman–Crippen MR) is 82.6 cm³/mol. The van der Waals surface area contributed by atoms with Crippen LogP contribution in [0.4, 0.5) is 5.69 Å². The van der Waals surface area contributed by atoms with Crippen LogP contribution in [0.3, 0.4) is 0 Å². The molecule has 2 aromatic rings. The summed E-state index contributed by atoms with van der Waals surface area (Å²) in [7, 11) is 0. The highest BCUT2D eigenvalue weighted by molar-refractivity contribution is 6.34. The molecule has 0 radical (unpaired) electrons. The molecule has 3 heteroatoms. The van der Waals surface area contributed by atoms with Crippen molar-refractivity contribution in [2.24, 2.45) is 0 Å². The van der Waals surface area contributed by atoms with Crippen molar-refractivity contribution in [2.45, 2.75) is 26.3 Å². The largest absolute Gasteiger partial charge is 0.305 e. The molecule has 2 aromatic carbocycles. The molecular formula is C17H16ClNO. The normalized spacial score (nSPS) is 17.1. The Morgan fingerprint density at radius 3 is 2.75 bits per heavy atom. The molecule has 20 heavy (non-hydrogen) atoms. The fourth-order valence-corrected chi connectivity index (χ4v) is 3.11. The molecule has 1 heterocycles. The van der Waals surface area contributed by atoms with E-state index in [9.17, 15) is 4.79 Å². The summed E-state index contributed by atoms with van der Waals surface area (Å²) in [6, 6.07) is 13.8. The van der Waals surface area contributed by atoms with Crippen molar-refractivity contribution in [1.29, 1.82) is 0 Å². The monoisotopic (exact) mass is 285 g/mol. The van der Waals surface area contributed by atoms with Crippen molar-refractivity contribution >= 4 is 23.2 Å². The Morgan fingerprint density at radius 2 is 2.00 bits per heavy atom. The molecule has 0 fully saturated rings. The number of anilines is 1. The van der Waals surface area contributed by atoms with E-state index < -0.39 is 0 Å². The second-order valence-corrected chi connectivity index (χ2v) is 5.75. The van der Waals surface area contributed by atoms with Gasteiger partial charge in [0.2, 0.25) is 0 Å². The molecule has 0 aromatic heterocycles. The van der Waals surface area contributed by atoms with Gasteiger partial charge in [-0.1, -0.05) is 35.9 Å². The maximum atomic E-state index is 12.8. The lowest BCUT2D eigenvalue weighted by atomic mass is 10.1. The third kappa shape index (κ3) is 2.10. The van der Waals surface area contributed by atoms with Crippen LogP contribution in [0.5, 0.6) is 0 Å². The van der Waals surface area contributed by atoms with E-state index in [2.05, 4.69) is 13.0 Å². The smallest absolute Gasteiger partial charge is 0.260 e. The quantitative estimate of drug-likeness (QED) is 0.767. The van der Waals surface area contributed by atoms with E-state index >= 15 is 0 Å². The fourth-order valence-electron chi connectivity index (χ4n) is 2.80. The van der Waals surface area contributed by atoms with E-state index in [-0.39, 0.29) is 11.9 Å². The molecule has 0 N–H and O–H groups in total. The third-order valence-electron chi connectivity index (χ3n) is 3.78. The Kier molecular flexibility index (Phi) is 3.27. The summed E-state index contributed by atoms with van der Waals surface area (Å²) >= 11 is 6.23. The van der Waals surface area contributed by atoms with Gasteiger partial charge in [-0.25, -0.2) is 0 Å². The van der Waals surface area contributed by atoms with Crippen molar-refractivity contribution in [1.82, 2.24) is 0 Å². The minimum absolute atomic E-state index is 0.0209. The molecule has 1 aliphatic heterocycles. The number of carbonyl (C=O) groups excluding carboxylic acids is 1. The molecule has 0 saturated carbocycles. The van der Waals surface area contributed by atoms with Crippen LogP contribution >= 0.6 is 11.6 Å². The van der Waals surface area contributed by atoms with Gasteiger partial charge < -0.3 is 4.90 Å². The topological polar surface area (TPSA) is 20.3 Å². The van der Waals surface area contributed by atoms with E-state index in [0.29, 0.717) is 10.6 Å². The highest BCUT2D eigenvalue weighted by atomic mass is 35.5. The van der Waals surface area contributed by atoms with Crippen LogP contribution in [0.1, 0.15) is 28.4 Å². The average molecular weight is 286 g/mol. The Morgan fingerprint density at radius 1 is 1.25 bits per heavy atom. The van der Waals surface area contributed by atoms with E-state index in [4.69, 9.17) is 11.6 Å². The van der Waals surface area contributed by atoms with Crippen LogP contribution < -0.4 is 4.90 Å². The maximum Gasteiger partial charge on any atom is 0.260 e. The molecule has 0 aliphatic carbocycles. The number of para-hydroxylation sites is 1. The molecule has 0 saturated heterocycles. The number of fused-ring (bicyclic) bond motifs is 1. The average Bonchev–Trinajstić information content (AvgIpc) is 2.73. The van der Waals surface area contributed by atoms with Crippen LogP contribution in [0, 0.1) is 6.92 Å². The van der Waals surface area contributed by atoms with Crippen LogP contribution in [-0.2, 0) is 6.42 Å². The van der Waals surface area contributed by atoms with Crippen LogP contribution in [0.15, 0.2) is 42.5 Å². The fraction of sp³-hybridized carbons (Fsp3) is 0.235. The van der Waals surface area contributed by atoms with Gasteiger partial charge in [0.15, 0.2) is 0 Å². The maximum absolute atomic E-state index is 12.8. The summed E-state index contributed by atoms with van der Waals surface area (Å²) in [5.74, 6) is -0.0209. The summed E-state index contributed by atoms with van der Waals surface area (Å²) in [6.45, 7) is 4.04. The van der Waals surface area contributed by atoms with Gasteiger partial charge in [0.05, 0.1) is 10.6 Å². The summed E-state index contributed by atoms with van der Waals surface area (Å²) in [5, 5.41) is 0.520. The van der Waals surface area contributed by atoms with Crippen molar-refractivity contribution < 1.29 is 4.79 Å². The molecule has 0 bridgehead atoms. The van der Waals surface area contributed by atoms with E-state index in [1.54, 1.807) is 0 Å². The number of carbonyl (C=O) groups is 1. The summed E-state index contributed by atoms with van der Waals surface area (Å²) in [4.78, 5) is 14.6. The zero-order valence-electron chi connectivity index (χ0n) is 11.6. The van der Waals surface area contributed by atoms with Crippen LogP contribution in [0.25, 0.3) is 0 Å². The lowest BCUT2D eigenvalue weighted by Crippen LogP contribution is -2.35. The SMILES string of the molecule is Cc1ccc(C(=O)N2c3ccccc3CC2C)c(Cl)c1. The Balaban J connectivity index is 2.03. The van der Waals surface area contributed by atoms with Gasteiger partial charge in [0.25, 0.3) is 5.91 Å². The second kappa shape index (κ2) is 4.95. The van der Waals surface area contributed by atoms with Gasteiger partial charge in [-0.05, 0) is 49.6 Å². The van der Waals surface area contributed by atoms with Crippen LogP contribution in [0.2, 0.25) is 5.02 Å². The van der Waals surface area contributed by atoms with Crippen LogP contribution in [-0.4, -0.2) is 11.9 Å². The number of amides is 1. The molecule has 2 nitrogen and oxygen atoms in total. The number of benzene rings is 2. The van der Waals surface area contributed by atoms with Gasteiger partial charge in [-0.2, -0.15) is 0 Å². The van der Waals surface area contributed by atoms with Gasteiger partial charge in [-0.15, -0.1) is 0 Å². The standard InChI is InChI=1S/C17H16ClNO/c1-11-7-8-14(15(18)9-11)17(20)19-12(2)10-13-5-3-4-6-16(13)19/h3-9,12H,10H2,1-2H3. The number of aryl methyl sites for hydroxylation is 1. The highest BCUT2D eigenvalue weighted by Gasteiger charge is 2.31. The number of hydrogen-bond acceptors (Lipinski definition) is 1. The second-order valence-electron chi connectivity index (χ2n) is 5.34. The molecular weight excluding hydrogens is 270 g/mol. The van der Waals surface area contributed by atoms with Gasteiger partial charge in [0, 0.05) is 11.7 Å². The first kappa shape index (κ1) is 13.2. The molecule has 102 valence electrons. The Bertz CT molecular complexity index is 680. The van der Waals surface area contributed by atoms with E-state index in [1.165, 1.54) is 5.56 Å². The van der Waals surface area contributed by atoms with E-state index in [0.717, 1.165) is 17.7 Å². The zero-order chi connectivity index (χ0) is 14.3. The molecule has 1 atom stereocenters. The first-order chi connectivity index (χ1) is 9.58. The third-order valence-corrected chi connectivity index (χ3v) is 4.09. The molecule has 0 spiro atoms. The molecule has 1 amide bonds. The lowest BCUT2D eigenvalue weighted by Gasteiger charge is -2.23. The lowest BCUT2D eigenvalue weighted by molar-refractivity contribution is 0.0981. The molecule has 3 rings (SSSR count).